The van der Waals surface area contributed by atoms with Crippen LogP contribution in [-0.4, -0.2) is 57.5 Å². The molecule has 3 heterocycles. The number of amides is 1. The van der Waals surface area contributed by atoms with Crippen molar-refractivity contribution < 1.29 is 22.4 Å². The third kappa shape index (κ3) is 5.02. The molecule has 0 aliphatic carbocycles. The topological polar surface area (TPSA) is 67.4 Å². The number of benzene rings is 1. The highest BCUT2D eigenvalue weighted by molar-refractivity contribution is 7.99. The fourth-order valence-electron chi connectivity index (χ4n) is 3.81. The van der Waals surface area contributed by atoms with E-state index in [2.05, 4.69) is 10.2 Å². The summed E-state index contributed by atoms with van der Waals surface area (Å²) in [6.45, 7) is 6.37. The van der Waals surface area contributed by atoms with Gasteiger partial charge >= 0.3 is 6.18 Å². The maximum atomic E-state index is 13.0. The summed E-state index contributed by atoms with van der Waals surface area (Å²) in [5.74, 6) is 1.64. The molecule has 0 radical (unpaired) electrons. The van der Waals surface area contributed by atoms with Gasteiger partial charge < -0.3 is 18.8 Å². The Labute approximate surface area is 193 Å². The van der Waals surface area contributed by atoms with Gasteiger partial charge in [-0.3, -0.25) is 4.79 Å². The molecule has 11 heteroatoms. The third-order valence-corrected chi connectivity index (χ3v) is 6.58. The summed E-state index contributed by atoms with van der Waals surface area (Å²) in [6, 6.07) is 7.14. The van der Waals surface area contributed by atoms with Gasteiger partial charge in [0.15, 0.2) is 11.0 Å². The molecule has 1 aliphatic rings. The number of carbonyl (C=O) groups is 1. The van der Waals surface area contributed by atoms with Gasteiger partial charge in [-0.2, -0.15) is 13.2 Å². The predicted molar refractivity (Wildman–Crippen MR) is 119 cm³/mol. The zero-order chi connectivity index (χ0) is 23.6. The highest BCUT2D eigenvalue weighted by Crippen LogP contribution is 2.32. The summed E-state index contributed by atoms with van der Waals surface area (Å²) >= 11 is 1.33. The lowest BCUT2D eigenvalue weighted by molar-refractivity contribution is -0.137. The van der Waals surface area contributed by atoms with Gasteiger partial charge in [0.25, 0.3) is 0 Å². The van der Waals surface area contributed by atoms with E-state index in [9.17, 15) is 18.0 Å². The van der Waals surface area contributed by atoms with Gasteiger partial charge in [-0.1, -0.05) is 17.8 Å². The monoisotopic (exact) mass is 479 g/mol. The summed E-state index contributed by atoms with van der Waals surface area (Å²) in [6.07, 6.45) is -2.77. The zero-order valence-electron chi connectivity index (χ0n) is 18.3. The molecule has 1 aromatic carbocycles. The maximum absolute atomic E-state index is 13.0. The Morgan fingerprint density at radius 3 is 2.55 bits per heavy atom. The molecule has 2 aromatic heterocycles. The minimum Gasteiger partial charge on any atom is -0.469 e. The van der Waals surface area contributed by atoms with Crippen molar-refractivity contribution in [1.29, 1.82) is 0 Å². The van der Waals surface area contributed by atoms with Crippen molar-refractivity contribution in [3.05, 3.63) is 47.9 Å². The van der Waals surface area contributed by atoms with Crippen LogP contribution in [0.3, 0.4) is 0 Å². The normalized spacial score (nSPS) is 14.7. The Morgan fingerprint density at radius 2 is 1.91 bits per heavy atom. The molecule has 0 spiro atoms. The Kier molecular flexibility index (Phi) is 6.68. The Hall–Kier alpha value is -2.95. The molecule has 0 atom stereocenters. The van der Waals surface area contributed by atoms with E-state index in [1.807, 2.05) is 29.4 Å². The van der Waals surface area contributed by atoms with E-state index < -0.39 is 11.7 Å². The number of thioether (sulfide) groups is 1. The number of aryl methyl sites for hydroxylation is 1. The van der Waals surface area contributed by atoms with Gasteiger partial charge in [0.1, 0.15) is 5.76 Å². The van der Waals surface area contributed by atoms with Crippen LogP contribution >= 0.6 is 11.8 Å². The van der Waals surface area contributed by atoms with Gasteiger partial charge in [0.05, 0.1) is 23.1 Å². The van der Waals surface area contributed by atoms with Crippen molar-refractivity contribution in [2.75, 3.05) is 36.8 Å². The lowest BCUT2D eigenvalue weighted by atomic mass is 10.1. The molecule has 0 unspecified atom stereocenters. The lowest BCUT2D eigenvalue weighted by Crippen LogP contribution is -2.49. The molecular weight excluding hydrogens is 455 g/mol. The van der Waals surface area contributed by atoms with E-state index >= 15 is 0 Å². The van der Waals surface area contributed by atoms with Crippen molar-refractivity contribution in [3.8, 4) is 11.4 Å². The first-order chi connectivity index (χ1) is 15.8. The van der Waals surface area contributed by atoms with Gasteiger partial charge in [0, 0.05) is 38.4 Å². The minimum absolute atomic E-state index is 0.0320. The van der Waals surface area contributed by atoms with Gasteiger partial charge in [-0.15, -0.1) is 10.2 Å². The van der Waals surface area contributed by atoms with E-state index in [-0.39, 0.29) is 11.7 Å². The molecule has 7 nitrogen and oxygen atoms in total. The van der Waals surface area contributed by atoms with E-state index in [0.717, 1.165) is 23.5 Å². The first-order valence-electron chi connectivity index (χ1n) is 10.6. The molecular formula is C22H24F3N5O2S. The summed E-state index contributed by atoms with van der Waals surface area (Å²) in [4.78, 5) is 16.4. The number of anilines is 1. The number of furan rings is 1. The fraction of sp³-hybridized carbons (Fsp3) is 0.409. The van der Waals surface area contributed by atoms with E-state index in [4.69, 9.17) is 4.42 Å². The van der Waals surface area contributed by atoms with E-state index in [0.29, 0.717) is 49.4 Å². The van der Waals surface area contributed by atoms with Crippen LogP contribution in [0, 0.1) is 6.92 Å². The van der Waals surface area contributed by atoms with Crippen LogP contribution < -0.4 is 4.90 Å². The van der Waals surface area contributed by atoms with Crippen molar-refractivity contribution in [2.45, 2.75) is 31.7 Å². The van der Waals surface area contributed by atoms with Gasteiger partial charge in [0.2, 0.25) is 5.91 Å². The zero-order valence-corrected chi connectivity index (χ0v) is 19.1. The minimum atomic E-state index is -4.37. The maximum Gasteiger partial charge on any atom is 0.416 e. The van der Waals surface area contributed by atoms with Crippen LogP contribution in [-0.2, 0) is 17.5 Å². The average molecular weight is 480 g/mol. The van der Waals surface area contributed by atoms with Crippen molar-refractivity contribution in [2.24, 2.45) is 0 Å². The summed E-state index contributed by atoms with van der Waals surface area (Å²) in [5, 5.41) is 9.17. The molecule has 0 N–H and O–H groups in total. The van der Waals surface area contributed by atoms with E-state index in [1.54, 1.807) is 17.2 Å². The third-order valence-electron chi connectivity index (χ3n) is 5.63. The molecule has 4 rings (SSSR count). The second kappa shape index (κ2) is 9.50. The van der Waals surface area contributed by atoms with Crippen molar-refractivity contribution >= 4 is 23.4 Å². The SMILES string of the molecule is CCn1c(SCC(=O)N2CCN(c3cccc(C(F)(F)F)c3)CC2)nnc1-c1ccoc1C. The molecule has 176 valence electrons. The number of nitrogens with zero attached hydrogens (tertiary/aromatic N) is 5. The highest BCUT2D eigenvalue weighted by Gasteiger charge is 2.31. The quantitative estimate of drug-likeness (QED) is 0.491. The smallest absolute Gasteiger partial charge is 0.416 e. The summed E-state index contributed by atoms with van der Waals surface area (Å²) in [7, 11) is 0. The number of rotatable bonds is 6. The number of halogens is 3. The average Bonchev–Trinajstić information content (AvgIpc) is 3.42. The molecule has 33 heavy (non-hydrogen) atoms. The Morgan fingerprint density at radius 1 is 1.15 bits per heavy atom. The Balaban J connectivity index is 1.34. The standard InChI is InChI=1S/C22H24F3N5O2S/c1-3-30-20(18-7-12-32-15(18)2)26-27-21(30)33-14-19(31)29-10-8-28(9-11-29)17-6-4-5-16(13-17)22(23,24)25/h4-7,12-13H,3,8-11,14H2,1-2H3. The number of piperazine rings is 1. The van der Waals surface area contributed by atoms with Crippen LogP contribution in [0.1, 0.15) is 18.2 Å². The number of aromatic nitrogens is 3. The molecule has 1 aliphatic heterocycles. The van der Waals surface area contributed by atoms with Crippen LogP contribution in [0.15, 0.2) is 46.2 Å². The predicted octanol–water partition coefficient (Wildman–Crippen LogP) is 4.33. The van der Waals surface area contributed by atoms with Crippen LogP contribution in [0.5, 0.6) is 0 Å². The lowest BCUT2D eigenvalue weighted by Gasteiger charge is -2.36. The molecule has 1 fully saturated rings. The van der Waals surface area contributed by atoms with Gasteiger partial charge in [-0.25, -0.2) is 0 Å². The highest BCUT2D eigenvalue weighted by atomic mass is 32.2. The van der Waals surface area contributed by atoms with Crippen LogP contribution in [0.4, 0.5) is 18.9 Å². The molecule has 0 bridgehead atoms. The number of hydrogen-bond acceptors (Lipinski definition) is 6. The fourth-order valence-corrected chi connectivity index (χ4v) is 4.71. The first kappa shape index (κ1) is 23.2. The molecule has 1 saturated heterocycles. The summed E-state index contributed by atoms with van der Waals surface area (Å²) in [5.41, 5.74) is 0.720. The van der Waals surface area contributed by atoms with Crippen LogP contribution in [0.25, 0.3) is 11.4 Å². The molecule has 1 amide bonds. The largest absolute Gasteiger partial charge is 0.469 e. The van der Waals surface area contributed by atoms with E-state index in [1.165, 1.54) is 17.8 Å². The number of carbonyl (C=O) groups excluding carboxylic acids is 1. The molecule has 0 saturated carbocycles. The van der Waals surface area contributed by atoms with Gasteiger partial charge in [-0.05, 0) is 38.1 Å². The summed E-state index contributed by atoms with van der Waals surface area (Å²) < 4.78 is 46.3. The van der Waals surface area contributed by atoms with Crippen molar-refractivity contribution in [1.82, 2.24) is 19.7 Å². The van der Waals surface area contributed by atoms with Crippen molar-refractivity contribution in [3.63, 3.8) is 0 Å². The second-order valence-corrected chi connectivity index (χ2v) is 8.59. The number of hydrogen-bond donors (Lipinski definition) is 0. The molecule has 3 aromatic rings. The van der Waals surface area contributed by atoms with Crippen LogP contribution in [0.2, 0.25) is 0 Å². The Bertz CT molecular complexity index is 1120. The number of alkyl halides is 3. The first-order valence-corrected chi connectivity index (χ1v) is 11.6. The second-order valence-electron chi connectivity index (χ2n) is 7.65.